The van der Waals surface area contributed by atoms with Crippen LogP contribution < -0.4 is 5.32 Å². The Labute approximate surface area is 145 Å². The van der Waals surface area contributed by atoms with Crippen molar-refractivity contribution in [3.63, 3.8) is 0 Å². The summed E-state index contributed by atoms with van der Waals surface area (Å²) in [4.78, 5) is 20.9. The highest BCUT2D eigenvalue weighted by Gasteiger charge is 2.10. The van der Waals surface area contributed by atoms with Gasteiger partial charge in [-0.05, 0) is 37.1 Å². The number of amides is 1. The molecule has 0 atom stereocenters. The Hall–Kier alpha value is -2.53. The average Bonchev–Trinajstić information content (AvgIpc) is 3.03. The fraction of sp³-hybridized carbons (Fsp3) is 0.211. The summed E-state index contributed by atoms with van der Waals surface area (Å²) in [6.45, 7) is 4.67. The number of thiazole rings is 1. The second-order valence-corrected chi connectivity index (χ2v) is 6.60. The first-order valence-electron chi connectivity index (χ1n) is 7.80. The number of carbonyl (C=O) groups excluding carboxylic acids is 1. The van der Waals surface area contributed by atoms with Crippen LogP contribution in [0.1, 0.15) is 22.4 Å². The van der Waals surface area contributed by atoms with Gasteiger partial charge in [-0.15, -0.1) is 11.3 Å². The van der Waals surface area contributed by atoms with Gasteiger partial charge in [-0.3, -0.25) is 9.78 Å². The summed E-state index contributed by atoms with van der Waals surface area (Å²) in [5.74, 6) is -0.0205. The van der Waals surface area contributed by atoms with E-state index in [9.17, 15) is 4.79 Å². The molecule has 0 fully saturated rings. The molecule has 0 unspecified atom stereocenters. The zero-order chi connectivity index (χ0) is 16.9. The average molecular weight is 337 g/mol. The molecule has 1 amide bonds. The van der Waals surface area contributed by atoms with Crippen molar-refractivity contribution in [1.29, 1.82) is 0 Å². The molecule has 2 heterocycles. The third kappa shape index (κ3) is 4.06. The number of hydrogen-bond acceptors (Lipinski definition) is 4. The fourth-order valence-electron chi connectivity index (χ4n) is 2.46. The van der Waals surface area contributed by atoms with E-state index in [-0.39, 0.29) is 12.3 Å². The first kappa shape index (κ1) is 16.3. The highest BCUT2D eigenvalue weighted by Crippen LogP contribution is 2.21. The van der Waals surface area contributed by atoms with Gasteiger partial charge in [0.15, 0.2) is 0 Å². The van der Waals surface area contributed by atoms with Crippen molar-refractivity contribution in [1.82, 2.24) is 15.3 Å². The van der Waals surface area contributed by atoms with Crippen LogP contribution >= 0.6 is 11.3 Å². The van der Waals surface area contributed by atoms with Crippen LogP contribution in [0.4, 0.5) is 0 Å². The van der Waals surface area contributed by atoms with Crippen LogP contribution in [0.15, 0.2) is 48.0 Å². The summed E-state index contributed by atoms with van der Waals surface area (Å²) >= 11 is 1.51. The highest BCUT2D eigenvalue weighted by molar-refractivity contribution is 7.13. The summed E-state index contributed by atoms with van der Waals surface area (Å²) in [6.07, 6.45) is 2.03. The lowest BCUT2D eigenvalue weighted by Gasteiger charge is -2.08. The maximum atomic E-state index is 12.1. The van der Waals surface area contributed by atoms with E-state index in [4.69, 9.17) is 0 Å². The van der Waals surface area contributed by atoms with E-state index < -0.39 is 0 Å². The van der Waals surface area contributed by atoms with E-state index in [1.807, 2.05) is 23.6 Å². The first-order chi connectivity index (χ1) is 11.6. The molecule has 1 aromatic carbocycles. The molecule has 5 heteroatoms. The van der Waals surface area contributed by atoms with Crippen LogP contribution in [0, 0.1) is 13.8 Å². The second kappa shape index (κ2) is 7.36. The number of pyridine rings is 1. The second-order valence-electron chi connectivity index (χ2n) is 5.74. The number of nitrogens with zero attached hydrogens (tertiary/aromatic N) is 2. The third-order valence-electron chi connectivity index (χ3n) is 3.75. The number of aromatic nitrogens is 2. The fourth-order valence-corrected chi connectivity index (χ4v) is 3.26. The number of hydrogen-bond donors (Lipinski definition) is 1. The molecule has 3 rings (SSSR count). The molecule has 0 bridgehead atoms. The number of benzene rings is 1. The topological polar surface area (TPSA) is 54.9 Å². The summed E-state index contributed by atoms with van der Waals surface area (Å²) in [5, 5.41) is 5.72. The van der Waals surface area contributed by atoms with Gasteiger partial charge in [0.1, 0.15) is 5.01 Å². The van der Waals surface area contributed by atoms with Crippen LogP contribution in [-0.2, 0) is 17.8 Å². The molecule has 0 aliphatic heterocycles. The standard InChI is InChI=1S/C19H19N3OS/c1-13-6-7-15(14(2)9-13)11-21-18(23)10-16-12-24-19(22-16)17-5-3-4-8-20-17/h3-9,12H,10-11H2,1-2H3,(H,21,23). The summed E-state index contributed by atoms with van der Waals surface area (Å²) in [5.41, 5.74) is 5.18. The minimum atomic E-state index is -0.0205. The molecule has 1 N–H and O–H groups in total. The molecule has 3 aromatic rings. The Morgan fingerprint density at radius 3 is 2.83 bits per heavy atom. The molecule has 0 aliphatic carbocycles. The molecular weight excluding hydrogens is 318 g/mol. The van der Waals surface area contributed by atoms with E-state index in [2.05, 4.69) is 47.3 Å². The Morgan fingerprint density at radius 2 is 2.08 bits per heavy atom. The molecule has 122 valence electrons. The van der Waals surface area contributed by atoms with Gasteiger partial charge in [0.25, 0.3) is 0 Å². The predicted molar refractivity (Wildman–Crippen MR) is 96.8 cm³/mol. The van der Waals surface area contributed by atoms with Gasteiger partial charge < -0.3 is 5.32 Å². The molecule has 0 saturated heterocycles. The van der Waals surface area contributed by atoms with Crippen LogP contribution in [-0.4, -0.2) is 15.9 Å². The Bertz CT molecular complexity index is 843. The Morgan fingerprint density at radius 1 is 1.21 bits per heavy atom. The summed E-state index contributed by atoms with van der Waals surface area (Å²) < 4.78 is 0. The van der Waals surface area contributed by atoms with E-state index >= 15 is 0 Å². The first-order valence-corrected chi connectivity index (χ1v) is 8.68. The van der Waals surface area contributed by atoms with Gasteiger partial charge in [-0.2, -0.15) is 0 Å². The van der Waals surface area contributed by atoms with Crippen molar-refractivity contribution < 1.29 is 4.79 Å². The van der Waals surface area contributed by atoms with Gasteiger partial charge in [0, 0.05) is 18.1 Å². The SMILES string of the molecule is Cc1ccc(CNC(=O)Cc2csc(-c3ccccn3)n2)c(C)c1. The van der Waals surface area contributed by atoms with Crippen LogP contribution in [0.3, 0.4) is 0 Å². The number of aryl methyl sites for hydroxylation is 2. The quantitative estimate of drug-likeness (QED) is 0.773. The van der Waals surface area contributed by atoms with Crippen molar-refractivity contribution >= 4 is 17.2 Å². The predicted octanol–water partition coefficient (Wildman–Crippen LogP) is 3.68. The normalized spacial score (nSPS) is 10.6. The lowest BCUT2D eigenvalue weighted by molar-refractivity contribution is -0.120. The van der Waals surface area contributed by atoms with Crippen molar-refractivity contribution in [2.75, 3.05) is 0 Å². The van der Waals surface area contributed by atoms with Gasteiger partial charge in [-0.1, -0.05) is 29.8 Å². The van der Waals surface area contributed by atoms with Gasteiger partial charge in [0.2, 0.25) is 5.91 Å². The van der Waals surface area contributed by atoms with Crippen LogP contribution in [0.2, 0.25) is 0 Å². The molecule has 4 nitrogen and oxygen atoms in total. The molecule has 2 aromatic heterocycles. The molecule has 0 spiro atoms. The van der Waals surface area contributed by atoms with E-state index in [0.717, 1.165) is 22.0 Å². The lowest BCUT2D eigenvalue weighted by atomic mass is 10.1. The van der Waals surface area contributed by atoms with Crippen LogP contribution in [0.5, 0.6) is 0 Å². The lowest BCUT2D eigenvalue weighted by Crippen LogP contribution is -2.25. The maximum Gasteiger partial charge on any atom is 0.226 e. The van der Waals surface area contributed by atoms with Gasteiger partial charge in [0.05, 0.1) is 17.8 Å². The monoisotopic (exact) mass is 337 g/mol. The van der Waals surface area contributed by atoms with Crippen molar-refractivity contribution in [2.45, 2.75) is 26.8 Å². The Kier molecular flexibility index (Phi) is 5.01. The molecule has 0 saturated carbocycles. The minimum absolute atomic E-state index is 0.0205. The van der Waals surface area contributed by atoms with Crippen LogP contribution in [0.25, 0.3) is 10.7 Å². The van der Waals surface area contributed by atoms with Gasteiger partial charge >= 0.3 is 0 Å². The van der Waals surface area contributed by atoms with Crippen molar-refractivity contribution in [3.8, 4) is 10.7 Å². The minimum Gasteiger partial charge on any atom is -0.352 e. The van der Waals surface area contributed by atoms with Crippen molar-refractivity contribution in [2.24, 2.45) is 0 Å². The van der Waals surface area contributed by atoms with Crippen molar-refractivity contribution in [3.05, 3.63) is 70.4 Å². The number of rotatable bonds is 5. The maximum absolute atomic E-state index is 12.1. The molecule has 24 heavy (non-hydrogen) atoms. The third-order valence-corrected chi connectivity index (χ3v) is 4.67. The summed E-state index contributed by atoms with van der Waals surface area (Å²) in [6, 6.07) is 12.0. The number of carbonyl (C=O) groups is 1. The highest BCUT2D eigenvalue weighted by atomic mass is 32.1. The largest absolute Gasteiger partial charge is 0.352 e. The van der Waals surface area contributed by atoms with E-state index in [0.29, 0.717) is 6.54 Å². The molecule has 0 radical (unpaired) electrons. The Balaban J connectivity index is 1.58. The molecule has 0 aliphatic rings. The van der Waals surface area contributed by atoms with E-state index in [1.165, 1.54) is 22.5 Å². The van der Waals surface area contributed by atoms with E-state index in [1.54, 1.807) is 6.20 Å². The summed E-state index contributed by atoms with van der Waals surface area (Å²) in [7, 11) is 0. The smallest absolute Gasteiger partial charge is 0.226 e. The number of nitrogens with one attached hydrogen (secondary N) is 1. The molecular formula is C19H19N3OS. The zero-order valence-electron chi connectivity index (χ0n) is 13.7. The zero-order valence-corrected chi connectivity index (χ0v) is 14.6. The van der Waals surface area contributed by atoms with Gasteiger partial charge in [-0.25, -0.2) is 4.98 Å².